The van der Waals surface area contributed by atoms with Gasteiger partial charge in [-0.3, -0.25) is 28.5 Å². The summed E-state index contributed by atoms with van der Waals surface area (Å²) in [5, 5.41) is 13.8. The van der Waals surface area contributed by atoms with Gasteiger partial charge in [-0.15, -0.1) is 0 Å². The van der Waals surface area contributed by atoms with Gasteiger partial charge < -0.3 is 23.5 Å². The Morgan fingerprint density at radius 1 is 1.13 bits per heavy atom. The van der Waals surface area contributed by atoms with Crippen LogP contribution < -0.4 is 26.3 Å². The molecular weight excluding hydrogens is 616 g/mol. The van der Waals surface area contributed by atoms with Crippen molar-refractivity contribution in [3.63, 3.8) is 0 Å². The molecular formula is C29H31FN3O11P. The molecule has 0 bridgehead atoms. The Bertz CT molecular complexity index is 1970. The molecule has 240 valence electrons. The van der Waals surface area contributed by atoms with Crippen molar-refractivity contribution in [2.24, 2.45) is 0 Å². The highest BCUT2D eigenvalue weighted by Gasteiger charge is 2.56. The van der Waals surface area contributed by atoms with Crippen LogP contribution in [0.15, 0.2) is 73.5 Å². The van der Waals surface area contributed by atoms with Crippen molar-refractivity contribution in [2.75, 3.05) is 6.61 Å². The first-order chi connectivity index (χ1) is 21.2. The largest absolute Gasteiger partial charge is 0.462 e. The van der Waals surface area contributed by atoms with Gasteiger partial charge in [0, 0.05) is 18.3 Å². The minimum absolute atomic E-state index is 0.0814. The number of ether oxygens (including phenoxy) is 2. The van der Waals surface area contributed by atoms with E-state index in [4.69, 9.17) is 22.9 Å². The highest BCUT2D eigenvalue weighted by molar-refractivity contribution is 7.52. The highest BCUT2D eigenvalue weighted by atomic mass is 31.2. The van der Waals surface area contributed by atoms with Crippen LogP contribution in [0.25, 0.3) is 21.9 Å². The van der Waals surface area contributed by atoms with Crippen molar-refractivity contribution < 1.29 is 41.8 Å². The molecule has 1 aliphatic rings. The number of hydrogen-bond acceptors (Lipinski definition) is 11. The molecule has 6 atom stereocenters. The predicted octanol–water partition coefficient (Wildman–Crippen LogP) is 2.92. The van der Waals surface area contributed by atoms with Crippen LogP contribution in [0, 0.1) is 0 Å². The first kappa shape index (κ1) is 32.3. The normalized spacial score (nSPS) is 23.7. The number of fused-ring (bicyclic) bond motifs is 2. The zero-order valence-corrected chi connectivity index (χ0v) is 25.5. The zero-order valence-electron chi connectivity index (χ0n) is 24.6. The number of H-pyrrole nitrogens is 1. The number of para-hydroxylation sites is 1. The van der Waals surface area contributed by atoms with Crippen LogP contribution in [0.1, 0.15) is 33.9 Å². The topological polar surface area (TPSA) is 188 Å². The van der Waals surface area contributed by atoms with E-state index in [1.54, 1.807) is 38.1 Å². The number of halogens is 1. The summed E-state index contributed by atoms with van der Waals surface area (Å²) in [5.41, 5.74) is -4.11. The summed E-state index contributed by atoms with van der Waals surface area (Å²) in [6, 6.07) is 10.5. The SMILES string of the molecule is CC(C)OC(=O)[C@H](C)NP(=O)(OC[C@H]1O[C@@H](n2ccc(=O)[nH]c2=O)[C@](C)(F)[C@@H]1O)Oc1ccc2c(=O)c3ccccc3oc2c1. The minimum Gasteiger partial charge on any atom is -0.462 e. The number of nitrogens with one attached hydrogen (secondary N) is 2. The van der Waals surface area contributed by atoms with Gasteiger partial charge >= 0.3 is 19.4 Å². The Labute approximate surface area is 254 Å². The van der Waals surface area contributed by atoms with Gasteiger partial charge in [-0.1, -0.05) is 12.1 Å². The average Bonchev–Trinajstić information content (AvgIpc) is 3.19. The number of aliphatic hydroxyl groups is 1. The van der Waals surface area contributed by atoms with E-state index in [0.29, 0.717) is 11.0 Å². The number of aliphatic hydroxyl groups excluding tert-OH is 1. The summed E-state index contributed by atoms with van der Waals surface area (Å²) in [7, 11) is -4.56. The van der Waals surface area contributed by atoms with E-state index in [1.165, 1.54) is 25.1 Å². The quantitative estimate of drug-likeness (QED) is 0.130. The molecule has 1 unspecified atom stereocenters. The maximum atomic E-state index is 15.7. The number of carbonyl (C=O) groups is 1. The Balaban J connectivity index is 1.43. The number of benzene rings is 2. The number of carbonyl (C=O) groups excluding carboxylic acids is 1. The summed E-state index contributed by atoms with van der Waals surface area (Å²) in [6.07, 6.45) is -4.53. The molecule has 1 fully saturated rings. The van der Waals surface area contributed by atoms with E-state index in [0.717, 1.165) is 23.8 Å². The van der Waals surface area contributed by atoms with E-state index in [-0.39, 0.29) is 22.1 Å². The fourth-order valence-corrected chi connectivity index (χ4v) is 6.32. The van der Waals surface area contributed by atoms with Crippen molar-refractivity contribution >= 4 is 35.7 Å². The van der Waals surface area contributed by atoms with Crippen molar-refractivity contribution in [3.05, 3.63) is 85.8 Å². The lowest BCUT2D eigenvalue weighted by molar-refractivity contribution is -0.149. The molecule has 2 aromatic heterocycles. The van der Waals surface area contributed by atoms with Gasteiger partial charge in [-0.05, 0) is 52.0 Å². The second-order valence-corrected chi connectivity index (χ2v) is 12.6. The molecule has 45 heavy (non-hydrogen) atoms. The first-order valence-corrected chi connectivity index (χ1v) is 15.4. The van der Waals surface area contributed by atoms with E-state index >= 15 is 4.39 Å². The van der Waals surface area contributed by atoms with Crippen LogP contribution in [0.4, 0.5) is 4.39 Å². The Hall–Kier alpha value is -4.14. The van der Waals surface area contributed by atoms with E-state index < -0.39 is 67.8 Å². The molecule has 0 radical (unpaired) electrons. The van der Waals surface area contributed by atoms with Crippen LogP contribution >= 0.6 is 7.75 Å². The maximum Gasteiger partial charge on any atom is 0.459 e. The molecule has 0 aliphatic carbocycles. The van der Waals surface area contributed by atoms with Gasteiger partial charge in [0.2, 0.25) is 5.43 Å². The van der Waals surface area contributed by atoms with E-state index in [1.807, 2.05) is 4.98 Å². The van der Waals surface area contributed by atoms with Crippen molar-refractivity contribution in [1.82, 2.24) is 14.6 Å². The molecule has 5 rings (SSSR count). The van der Waals surface area contributed by atoms with Crippen molar-refractivity contribution in [1.29, 1.82) is 0 Å². The Kier molecular flexibility index (Phi) is 8.84. The molecule has 1 saturated heterocycles. The lowest BCUT2D eigenvalue weighted by Crippen LogP contribution is -2.43. The smallest absolute Gasteiger partial charge is 0.459 e. The molecule has 0 saturated carbocycles. The fourth-order valence-electron chi connectivity index (χ4n) is 4.83. The Morgan fingerprint density at radius 3 is 2.56 bits per heavy atom. The molecule has 4 aromatic rings. The van der Waals surface area contributed by atoms with Crippen LogP contribution in [0.2, 0.25) is 0 Å². The molecule has 16 heteroatoms. The molecule has 2 aromatic carbocycles. The molecule has 0 amide bonds. The third-order valence-electron chi connectivity index (χ3n) is 7.06. The summed E-state index contributed by atoms with van der Waals surface area (Å²) >= 11 is 0. The second kappa shape index (κ2) is 12.3. The van der Waals surface area contributed by atoms with Gasteiger partial charge in [-0.25, -0.2) is 13.8 Å². The number of aromatic amines is 1. The number of alkyl halides is 1. The third kappa shape index (κ3) is 6.63. The predicted molar refractivity (Wildman–Crippen MR) is 159 cm³/mol. The van der Waals surface area contributed by atoms with E-state index in [9.17, 15) is 28.8 Å². The van der Waals surface area contributed by atoms with Crippen LogP contribution in [0.3, 0.4) is 0 Å². The van der Waals surface area contributed by atoms with Crippen LogP contribution in [0.5, 0.6) is 5.75 Å². The van der Waals surface area contributed by atoms with Gasteiger partial charge in [-0.2, -0.15) is 5.09 Å². The zero-order chi connectivity index (χ0) is 32.7. The number of nitrogens with zero attached hydrogens (tertiary/aromatic N) is 1. The second-order valence-electron chi connectivity index (χ2n) is 10.9. The standard InChI is InChI=1S/C29H31FN3O11P/c1-15(2)41-26(37)16(3)32-45(39,44-17-9-10-19-21(13-17)42-20-8-6-5-7-18(20)24(19)35)40-14-22-25(36)29(4,30)27(43-22)33-12-11-23(34)31-28(33)38/h5-13,15-16,22,25,27,36H,14H2,1-4H3,(H,32,39)(H,31,34,38)/t16-,22+,25+,27+,29+,45?/m0/s1. The van der Waals surface area contributed by atoms with Crippen molar-refractivity contribution in [3.8, 4) is 5.75 Å². The van der Waals surface area contributed by atoms with Gasteiger partial charge in [0.1, 0.15) is 35.2 Å². The lowest BCUT2D eigenvalue weighted by atomic mass is 9.98. The van der Waals surface area contributed by atoms with Gasteiger partial charge in [0.05, 0.1) is 23.5 Å². The number of aromatic nitrogens is 2. The van der Waals surface area contributed by atoms with Gasteiger partial charge in [0.15, 0.2) is 11.9 Å². The van der Waals surface area contributed by atoms with Gasteiger partial charge in [0.25, 0.3) is 5.56 Å². The number of hydrogen-bond donors (Lipinski definition) is 3. The Morgan fingerprint density at radius 2 is 1.84 bits per heavy atom. The van der Waals surface area contributed by atoms with Crippen LogP contribution in [-0.2, 0) is 23.4 Å². The summed E-state index contributed by atoms with van der Waals surface area (Å²) in [4.78, 5) is 51.2. The summed E-state index contributed by atoms with van der Waals surface area (Å²) in [5.74, 6) is -0.860. The molecule has 1 aliphatic heterocycles. The fraction of sp³-hybridized carbons (Fsp3) is 0.379. The van der Waals surface area contributed by atoms with E-state index in [2.05, 4.69) is 5.09 Å². The average molecular weight is 648 g/mol. The van der Waals surface area contributed by atoms with Crippen LogP contribution in [-0.4, -0.2) is 57.3 Å². The summed E-state index contributed by atoms with van der Waals surface area (Å²) < 4.78 is 58.4. The third-order valence-corrected chi connectivity index (χ3v) is 8.71. The molecule has 3 N–H and O–H groups in total. The first-order valence-electron chi connectivity index (χ1n) is 13.9. The molecule has 0 spiro atoms. The van der Waals surface area contributed by atoms with Crippen molar-refractivity contribution in [2.45, 2.75) is 63.9 Å². The molecule has 3 heterocycles. The lowest BCUT2D eigenvalue weighted by Gasteiger charge is -2.25. The monoisotopic (exact) mass is 647 g/mol. The highest BCUT2D eigenvalue weighted by Crippen LogP contribution is 2.48. The minimum atomic E-state index is -4.56. The maximum absolute atomic E-state index is 15.7. The summed E-state index contributed by atoms with van der Waals surface area (Å²) in [6.45, 7) is 4.86. The number of rotatable bonds is 10. The molecule has 14 nitrogen and oxygen atoms in total. The number of esters is 1.